The molecule has 0 aromatic heterocycles. The zero-order valence-electron chi connectivity index (χ0n) is 8.60. The lowest BCUT2D eigenvalue weighted by molar-refractivity contribution is 1.47. The van der Waals surface area contributed by atoms with E-state index >= 15 is 0 Å². The van der Waals surface area contributed by atoms with E-state index in [2.05, 4.69) is 0 Å². The quantitative estimate of drug-likeness (QED) is 0.631. The number of hydrogen-bond donors (Lipinski definition) is 0. The van der Waals surface area contributed by atoms with Gasteiger partial charge in [-0.15, -0.1) is 0 Å². The van der Waals surface area contributed by atoms with E-state index in [0.29, 0.717) is 15.1 Å². The number of hydrogen-bond acceptors (Lipinski definition) is 0. The van der Waals surface area contributed by atoms with E-state index in [-0.39, 0.29) is 0 Å². The molecule has 0 heterocycles. The summed E-state index contributed by atoms with van der Waals surface area (Å²) in [6.45, 7) is 2.00. The fraction of sp³-hybridized carbons (Fsp3) is 0.0769. The van der Waals surface area contributed by atoms with Crippen molar-refractivity contribution in [2.45, 2.75) is 6.92 Å². The molecule has 2 aromatic carbocycles. The van der Waals surface area contributed by atoms with Crippen LogP contribution in [0.15, 0.2) is 36.4 Å². The van der Waals surface area contributed by atoms with Crippen LogP contribution in [0.25, 0.3) is 11.1 Å². The molecule has 0 radical (unpaired) electrons. The molecule has 0 bridgehead atoms. The summed E-state index contributed by atoms with van der Waals surface area (Å²) in [5.41, 5.74) is 2.78. The lowest BCUT2D eigenvalue weighted by Gasteiger charge is -2.09. The largest absolute Gasteiger partial charge is 0.0837 e. The van der Waals surface area contributed by atoms with Gasteiger partial charge in [0.2, 0.25) is 0 Å². The van der Waals surface area contributed by atoms with Crippen LogP contribution in [0.1, 0.15) is 5.56 Å². The molecule has 0 saturated carbocycles. The predicted molar refractivity (Wildman–Crippen MR) is 71.6 cm³/mol. The molecule has 0 aliphatic rings. The van der Waals surface area contributed by atoms with Gasteiger partial charge in [0.05, 0.1) is 0 Å². The minimum Gasteiger partial charge on any atom is -0.0837 e. The molecule has 0 saturated heterocycles. The summed E-state index contributed by atoms with van der Waals surface area (Å²) < 4.78 is 0. The second-order valence-corrected chi connectivity index (χ2v) is 4.80. The zero-order chi connectivity index (χ0) is 11.7. The van der Waals surface area contributed by atoms with Crippen molar-refractivity contribution in [2.24, 2.45) is 0 Å². The molecule has 0 spiro atoms. The van der Waals surface area contributed by atoms with Crippen molar-refractivity contribution in [3.8, 4) is 11.1 Å². The maximum absolute atomic E-state index is 6.16. The van der Waals surface area contributed by atoms with Crippen molar-refractivity contribution < 1.29 is 0 Å². The van der Waals surface area contributed by atoms with Gasteiger partial charge in [-0.25, -0.2) is 0 Å². The van der Waals surface area contributed by atoms with Gasteiger partial charge in [0, 0.05) is 26.2 Å². The molecule has 0 aliphatic carbocycles. The number of rotatable bonds is 1. The second-order valence-electron chi connectivity index (χ2n) is 3.58. The summed E-state index contributed by atoms with van der Waals surface area (Å²) in [5.74, 6) is 0. The van der Waals surface area contributed by atoms with Gasteiger partial charge in [0.15, 0.2) is 0 Å². The summed E-state index contributed by atoms with van der Waals surface area (Å²) in [7, 11) is 0. The molecule has 0 aliphatic heterocycles. The standard InChI is InChI=1S/C13H9Cl3/c1-8-5-6-10(14)9(7-8)13-11(15)3-2-4-12(13)16/h2-7H,1H3. The molecule has 3 heteroatoms. The molecule has 82 valence electrons. The van der Waals surface area contributed by atoms with Crippen LogP contribution in [0.2, 0.25) is 15.1 Å². The number of halogens is 3. The van der Waals surface area contributed by atoms with Gasteiger partial charge in [-0.3, -0.25) is 0 Å². The van der Waals surface area contributed by atoms with Crippen molar-refractivity contribution >= 4 is 34.8 Å². The first-order chi connectivity index (χ1) is 7.59. The van der Waals surface area contributed by atoms with Crippen molar-refractivity contribution in [1.29, 1.82) is 0 Å². The lowest BCUT2D eigenvalue weighted by atomic mass is 10.0. The van der Waals surface area contributed by atoms with Crippen molar-refractivity contribution in [2.75, 3.05) is 0 Å². The Kier molecular flexibility index (Phi) is 3.44. The maximum atomic E-state index is 6.16. The molecule has 2 rings (SSSR count). The Morgan fingerprint density at radius 1 is 0.812 bits per heavy atom. The number of aryl methyl sites for hydroxylation is 1. The van der Waals surface area contributed by atoms with E-state index in [4.69, 9.17) is 34.8 Å². The third kappa shape index (κ3) is 2.20. The molecular formula is C13H9Cl3. The van der Waals surface area contributed by atoms with E-state index in [0.717, 1.165) is 16.7 Å². The Balaban J connectivity index is 2.72. The second kappa shape index (κ2) is 4.67. The summed E-state index contributed by atoms with van der Waals surface area (Å²) in [4.78, 5) is 0. The zero-order valence-corrected chi connectivity index (χ0v) is 10.9. The number of benzene rings is 2. The summed E-state index contributed by atoms with van der Waals surface area (Å²) in [6, 6.07) is 11.2. The predicted octanol–water partition coefficient (Wildman–Crippen LogP) is 5.62. The summed E-state index contributed by atoms with van der Waals surface area (Å²) in [6.07, 6.45) is 0. The van der Waals surface area contributed by atoms with E-state index in [1.165, 1.54) is 0 Å². The van der Waals surface area contributed by atoms with Crippen LogP contribution in [-0.2, 0) is 0 Å². The molecule has 0 fully saturated rings. The molecule has 2 aromatic rings. The Bertz CT molecular complexity index is 512. The van der Waals surface area contributed by atoms with Crippen LogP contribution in [0, 0.1) is 6.92 Å². The van der Waals surface area contributed by atoms with Gasteiger partial charge in [-0.1, -0.05) is 52.5 Å². The van der Waals surface area contributed by atoms with Crippen molar-refractivity contribution in [3.05, 3.63) is 57.0 Å². The Morgan fingerprint density at radius 3 is 2.06 bits per heavy atom. The average molecular weight is 272 g/mol. The van der Waals surface area contributed by atoms with Gasteiger partial charge in [-0.05, 0) is 31.2 Å². The van der Waals surface area contributed by atoms with Crippen molar-refractivity contribution in [1.82, 2.24) is 0 Å². The van der Waals surface area contributed by atoms with Gasteiger partial charge in [0.25, 0.3) is 0 Å². The molecule has 0 nitrogen and oxygen atoms in total. The van der Waals surface area contributed by atoms with Gasteiger partial charge >= 0.3 is 0 Å². The SMILES string of the molecule is Cc1ccc(Cl)c(-c2c(Cl)cccc2Cl)c1. The highest BCUT2D eigenvalue weighted by molar-refractivity contribution is 6.41. The first-order valence-electron chi connectivity index (χ1n) is 4.80. The average Bonchev–Trinajstić information content (AvgIpc) is 2.23. The van der Waals surface area contributed by atoms with Crippen LogP contribution < -0.4 is 0 Å². The monoisotopic (exact) mass is 270 g/mol. The first-order valence-corrected chi connectivity index (χ1v) is 5.93. The van der Waals surface area contributed by atoms with Crippen molar-refractivity contribution in [3.63, 3.8) is 0 Å². The lowest BCUT2D eigenvalue weighted by Crippen LogP contribution is -1.84. The van der Waals surface area contributed by atoms with Crippen LogP contribution in [0.3, 0.4) is 0 Å². The Labute approximate surface area is 110 Å². The minimum atomic E-state index is 0.611. The third-order valence-electron chi connectivity index (χ3n) is 2.35. The normalized spacial score (nSPS) is 10.5. The fourth-order valence-corrected chi connectivity index (χ4v) is 2.40. The molecule has 0 amide bonds. The van der Waals surface area contributed by atoms with E-state index in [9.17, 15) is 0 Å². The summed E-state index contributed by atoms with van der Waals surface area (Å²) >= 11 is 18.4. The third-order valence-corrected chi connectivity index (χ3v) is 3.31. The maximum Gasteiger partial charge on any atom is 0.0499 e. The fourth-order valence-electron chi connectivity index (χ4n) is 1.59. The highest BCUT2D eigenvalue weighted by Gasteiger charge is 2.11. The molecule has 0 N–H and O–H groups in total. The van der Waals surface area contributed by atoms with E-state index in [1.54, 1.807) is 12.1 Å². The minimum absolute atomic E-state index is 0.611. The van der Waals surface area contributed by atoms with Crippen LogP contribution in [0.4, 0.5) is 0 Å². The summed E-state index contributed by atoms with van der Waals surface area (Å²) in [5, 5.41) is 1.88. The molecule has 16 heavy (non-hydrogen) atoms. The highest BCUT2D eigenvalue weighted by Crippen LogP contribution is 2.38. The van der Waals surface area contributed by atoms with Gasteiger partial charge in [-0.2, -0.15) is 0 Å². The highest BCUT2D eigenvalue weighted by atomic mass is 35.5. The van der Waals surface area contributed by atoms with Crippen LogP contribution in [0.5, 0.6) is 0 Å². The molecule has 0 unspecified atom stereocenters. The first kappa shape index (κ1) is 11.8. The smallest absolute Gasteiger partial charge is 0.0499 e. The Morgan fingerprint density at radius 2 is 1.44 bits per heavy atom. The van der Waals surface area contributed by atoms with Crippen LogP contribution >= 0.6 is 34.8 Å². The molecular weight excluding hydrogens is 263 g/mol. The van der Waals surface area contributed by atoms with Gasteiger partial charge in [0.1, 0.15) is 0 Å². The van der Waals surface area contributed by atoms with Crippen LogP contribution in [-0.4, -0.2) is 0 Å². The van der Waals surface area contributed by atoms with E-state index in [1.807, 2.05) is 31.2 Å². The van der Waals surface area contributed by atoms with E-state index < -0.39 is 0 Å². The topological polar surface area (TPSA) is 0 Å². The van der Waals surface area contributed by atoms with Gasteiger partial charge < -0.3 is 0 Å². The Hall–Kier alpha value is -0.690. The molecule has 0 atom stereocenters.